The van der Waals surface area contributed by atoms with Gasteiger partial charge in [-0.1, -0.05) is 6.07 Å². The highest BCUT2D eigenvalue weighted by Gasteiger charge is 2.19. The molecule has 1 aromatic carbocycles. The van der Waals surface area contributed by atoms with Gasteiger partial charge in [0.25, 0.3) is 0 Å². The number of rotatable bonds is 3. The smallest absolute Gasteiger partial charge is 0.0994 e. The number of hydrogen-bond acceptors (Lipinski definition) is 3. The van der Waals surface area contributed by atoms with Crippen LogP contribution in [-0.2, 0) is 0 Å². The summed E-state index contributed by atoms with van der Waals surface area (Å²) in [6.07, 6.45) is 8.49. The molecule has 1 aliphatic rings. The second kappa shape index (κ2) is 5.80. The quantitative estimate of drug-likeness (QED) is 0.872. The molecule has 0 atom stereocenters. The third-order valence-electron chi connectivity index (χ3n) is 3.76. The van der Waals surface area contributed by atoms with E-state index < -0.39 is 0 Å². The molecular weight excluding hydrogens is 254 g/mol. The Morgan fingerprint density at radius 2 is 2.16 bits per heavy atom. The zero-order valence-corrected chi connectivity index (χ0v) is 12.0. The van der Waals surface area contributed by atoms with E-state index in [2.05, 4.69) is 45.4 Å². The van der Waals surface area contributed by atoms with Crippen molar-refractivity contribution in [1.82, 2.24) is 14.9 Å². The highest BCUT2D eigenvalue weighted by atomic mass is 32.2. The predicted molar refractivity (Wildman–Crippen MR) is 80.2 cm³/mol. The van der Waals surface area contributed by atoms with Crippen LogP contribution in [0.3, 0.4) is 0 Å². The number of aromatic nitrogens is 2. The van der Waals surface area contributed by atoms with E-state index in [0.717, 1.165) is 13.1 Å². The van der Waals surface area contributed by atoms with Gasteiger partial charge in [-0.2, -0.15) is 0 Å². The van der Waals surface area contributed by atoms with E-state index in [1.165, 1.54) is 29.1 Å². The zero-order valence-electron chi connectivity index (χ0n) is 11.2. The van der Waals surface area contributed by atoms with E-state index in [9.17, 15) is 0 Å². The van der Waals surface area contributed by atoms with Gasteiger partial charge in [-0.15, -0.1) is 11.8 Å². The third kappa shape index (κ3) is 2.69. The van der Waals surface area contributed by atoms with Crippen LogP contribution in [0.5, 0.6) is 0 Å². The lowest BCUT2D eigenvalue weighted by molar-refractivity contribution is 0.449. The van der Waals surface area contributed by atoms with Crippen LogP contribution in [0.4, 0.5) is 0 Å². The first-order valence-corrected chi connectivity index (χ1v) is 7.98. The summed E-state index contributed by atoms with van der Waals surface area (Å²) in [5.74, 6) is 0.627. The number of thioether (sulfide) groups is 1. The molecule has 1 saturated heterocycles. The van der Waals surface area contributed by atoms with Gasteiger partial charge in [0.2, 0.25) is 0 Å². The first-order chi connectivity index (χ1) is 9.38. The minimum absolute atomic E-state index is 0.627. The standard InChI is InChI=1S/C15H19N3S/c1-19-14-4-2-3-13(9-14)18-11-17-10-15(18)12-5-7-16-8-6-12/h2-4,9-12,16H,5-8H2,1H3. The lowest BCUT2D eigenvalue weighted by Gasteiger charge is -2.23. The van der Waals surface area contributed by atoms with Crippen LogP contribution >= 0.6 is 11.8 Å². The highest BCUT2D eigenvalue weighted by Crippen LogP contribution is 2.28. The van der Waals surface area contributed by atoms with E-state index in [4.69, 9.17) is 0 Å². The number of imidazole rings is 1. The maximum Gasteiger partial charge on any atom is 0.0994 e. The van der Waals surface area contributed by atoms with Crippen LogP contribution in [0.15, 0.2) is 41.7 Å². The summed E-state index contributed by atoms with van der Waals surface area (Å²) in [6, 6.07) is 8.66. The van der Waals surface area contributed by atoms with Crippen LogP contribution < -0.4 is 5.32 Å². The van der Waals surface area contributed by atoms with E-state index >= 15 is 0 Å². The second-order valence-electron chi connectivity index (χ2n) is 4.91. The second-order valence-corrected chi connectivity index (χ2v) is 5.79. The molecule has 1 aromatic heterocycles. The Morgan fingerprint density at radius 3 is 2.95 bits per heavy atom. The molecule has 2 heterocycles. The van der Waals surface area contributed by atoms with Crippen molar-refractivity contribution >= 4 is 11.8 Å². The lowest BCUT2D eigenvalue weighted by Crippen LogP contribution is -2.27. The van der Waals surface area contributed by atoms with Crippen LogP contribution in [0.2, 0.25) is 0 Å². The molecule has 1 fully saturated rings. The number of benzene rings is 1. The SMILES string of the molecule is CSc1cccc(-n2cncc2C2CCNCC2)c1. The summed E-state index contributed by atoms with van der Waals surface area (Å²) in [5, 5.41) is 3.42. The van der Waals surface area contributed by atoms with Crippen LogP contribution in [0.25, 0.3) is 5.69 Å². The summed E-state index contributed by atoms with van der Waals surface area (Å²) in [6.45, 7) is 2.22. The first-order valence-electron chi connectivity index (χ1n) is 6.76. The van der Waals surface area contributed by atoms with Crippen LogP contribution in [0.1, 0.15) is 24.5 Å². The van der Waals surface area contributed by atoms with Crippen molar-refractivity contribution < 1.29 is 0 Å². The van der Waals surface area contributed by atoms with Crippen molar-refractivity contribution in [2.24, 2.45) is 0 Å². The van der Waals surface area contributed by atoms with Gasteiger partial charge in [0.1, 0.15) is 0 Å². The molecule has 0 aliphatic carbocycles. The van der Waals surface area contributed by atoms with Gasteiger partial charge in [0.15, 0.2) is 0 Å². The van der Waals surface area contributed by atoms with Gasteiger partial charge in [0.05, 0.1) is 6.33 Å². The third-order valence-corrected chi connectivity index (χ3v) is 4.48. The molecule has 0 unspecified atom stereocenters. The van der Waals surface area contributed by atoms with Gasteiger partial charge >= 0.3 is 0 Å². The Balaban J connectivity index is 1.94. The van der Waals surface area contributed by atoms with Crippen molar-refractivity contribution in [3.63, 3.8) is 0 Å². The molecule has 1 N–H and O–H groups in total. The Hall–Kier alpha value is -1.26. The molecule has 3 rings (SSSR count). The van der Waals surface area contributed by atoms with Gasteiger partial charge in [-0.05, 0) is 50.4 Å². The van der Waals surface area contributed by atoms with E-state index in [1.54, 1.807) is 11.8 Å². The summed E-state index contributed by atoms with van der Waals surface area (Å²) >= 11 is 1.78. The topological polar surface area (TPSA) is 29.9 Å². The molecule has 2 aromatic rings. The van der Waals surface area contributed by atoms with Gasteiger partial charge in [0, 0.05) is 28.4 Å². The molecule has 100 valence electrons. The van der Waals surface area contributed by atoms with Crippen LogP contribution in [-0.4, -0.2) is 28.9 Å². The van der Waals surface area contributed by atoms with Gasteiger partial charge in [-0.3, -0.25) is 0 Å². The average molecular weight is 273 g/mol. The fourth-order valence-electron chi connectivity index (χ4n) is 2.70. The molecule has 19 heavy (non-hydrogen) atoms. The van der Waals surface area contributed by atoms with Crippen molar-refractivity contribution in [3.05, 3.63) is 42.5 Å². The molecule has 3 nitrogen and oxygen atoms in total. The molecule has 0 bridgehead atoms. The predicted octanol–water partition coefficient (Wildman–Crippen LogP) is 3.06. The highest BCUT2D eigenvalue weighted by molar-refractivity contribution is 7.98. The van der Waals surface area contributed by atoms with Crippen molar-refractivity contribution in [2.45, 2.75) is 23.7 Å². The number of nitrogens with one attached hydrogen (secondary N) is 1. The summed E-state index contributed by atoms with van der Waals surface area (Å²) < 4.78 is 2.25. The molecule has 0 radical (unpaired) electrons. The largest absolute Gasteiger partial charge is 0.317 e. The molecule has 0 saturated carbocycles. The molecule has 4 heteroatoms. The average Bonchev–Trinajstić information content (AvgIpc) is 2.98. The van der Waals surface area contributed by atoms with Crippen molar-refractivity contribution in [2.75, 3.05) is 19.3 Å². The van der Waals surface area contributed by atoms with Crippen LogP contribution in [0, 0.1) is 0 Å². The Morgan fingerprint density at radius 1 is 1.32 bits per heavy atom. The number of piperidine rings is 1. The Labute approximate surface area is 118 Å². The fourth-order valence-corrected chi connectivity index (χ4v) is 3.15. The minimum atomic E-state index is 0.627. The Bertz CT molecular complexity index is 544. The summed E-state index contributed by atoms with van der Waals surface area (Å²) in [7, 11) is 0. The molecule has 0 amide bonds. The van der Waals surface area contributed by atoms with Crippen molar-refractivity contribution in [3.8, 4) is 5.69 Å². The van der Waals surface area contributed by atoms with E-state index in [0.29, 0.717) is 5.92 Å². The summed E-state index contributed by atoms with van der Waals surface area (Å²) in [5.41, 5.74) is 2.57. The minimum Gasteiger partial charge on any atom is -0.317 e. The summed E-state index contributed by atoms with van der Waals surface area (Å²) in [4.78, 5) is 5.66. The van der Waals surface area contributed by atoms with Gasteiger partial charge < -0.3 is 9.88 Å². The maximum atomic E-state index is 4.36. The lowest BCUT2D eigenvalue weighted by atomic mass is 9.95. The number of hydrogen-bond donors (Lipinski definition) is 1. The van der Waals surface area contributed by atoms with E-state index in [1.807, 2.05) is 12.5 Å². The van der Waals surface area contributed by atoms with Crippen molar-refractivity contribution in [1.29, 1.82) is 0 Å². The monoisotopic (exact) mass is 273 g/mol. The van der Waals surface area contributed by atoms with E-state index in [-0.39, 0.29) is 0 Å². The molecule has 1 aliphatic heterocycles. The van der Waals surface area contributed by atoms with Gasteiger partial charge in [-0.25, -0.2) is 4.98 Å². The first kappa shape index (κ1) is 12.8. The maximum absolute atomic E-state index is 4.36. The molecular formula is C15H19N3S. The fraction of sp³-hybridized carbons (Fsp3) is 0.400. The zero-order chi connectivity index (χ0) is 13.1. The Kier molecular flexibility index (Phi) is 3.89. The normalized spacial score (nSPS) is 16.7. The number of nitrogens with zero attached hydrogens (tertiary/aromatic N) is 2. The molecule has 0 spiro atoms.